The molecule has 0 aliphatic heterocycles. The highest BCUT2D eigenvalue weighted by molar-refractivity contribution is 5.10. The Morgan fingerprint density at radius 3 is 3.18 bits per heavy atom. The van der Waals surface area contributed by atoms with E-state index in [0.717, 1.165) is 5.92 Å². The SMILES string of the molecule is C1=C\C2CCC/C(=C/C/1)CC2. The Kier molecular flexibility index (Phi) is 2.11. The zero-order valence-electron chi connectivity index (χ0n) is 7.05. The Morgan fingerprint density at radius 2 is 2.18 bits per heavy atom. The molecule has 0 amide bonds. The molecule has 0 aromatic carbocycles. The summed E-state index contributed by atoms with van der Waals surface area (Å²) in [6.07, 6.45) is 15.4. The highest BCUT2D eigenvalue weighted by atomic mass is 14.2. The van der Waals surface area contributed by atoms with Gasteiger partial charge in [-0.05, 0) is 44.4 Å². The molecular formula is C11H16. The topological polar surface area (TPSA) is 0 Å². The first-order chi connectivity index (χ1) is 5.45. The van der Waals surface area contributed by atoms with E-state index in [1.807, 2.05) is 0 Å². The van der Waals surface area contributed by atoms with Crippen LogP contribution in [0.3, 0.4) is 0 Å². The zero-order chi connectivity index (χ0) is 7.52. The van der Waals surface area contributed by atoms with Gasteiger partial charge in [0.25, 0.3) is 0 Å². The third kappa shape index (κ3) is 1.74. The average Bonchev–Trinajstić information content (AvgIpc) is 2.11. The Balaban J connectivity index is 2.17. The summed E-state index contributed by atoms with van der Waals surface area (Å²) in [5.41, 5.74) is 1.72. The highest BCUT2D eigenvalue weighted by Crippen LogP contribution is 2.29. The first-order valence-corrected chi connectivity index (χ1v) is 4.80. The monoisotopic (exact) mass is 148 g/mol. The molecule has 0 aromatic heterocycles. The number of hydrogen-bond acceptors (Lipinski definition) is 0. The van der Waals surface area contributed by atoms with Gasteiger partial charge >= 0.3 is 0 Å². The maximum Gasteiger partial charge on any atom is -0.0166 e. The minimum atomic E-state index is 0.904. The second-order valence-electron chi connectivity index (χ2n) is 3.72. The van der Waals surface area contributed by atoms with Gasteiger partial charge in [-0.3, -0.25) is 0 Å². The Morgan fingerprint density at radius 1 is 1.18 bits per heavy atom. The summed E-state index contributed by atoms with van der Waals surface area (Å²) in [6.45, 7) is 0. The van der Waals surface area contributed by atoms with E-state index >= 15 is 0 Å². The fourth-order valence-electron chi connectivity index (χ4n) is 2.13. The minimum Gasteiger partial charge on any atom is -0.0851 e. The molecule has 0 radical (unpaired) electrons. The van der Waals surface area contributed by atoms with Gasteiger partial charge in [-0.1, -0.05) is 23.8 Å². The Hall–Kier alpha value is -0.520. The van der Waals surface area contributed by atoms with Gasteiger partial charge in [-0.15, -0.1) is 0 Å². The number of rotatable bonds is 0. The van der Waals surface area contributed by atoms with Crippen LogP contribution in [0.2, 0.25) is 0 Å². The van der Waals surface area contributed by atoms with Crippen molar-refractivity contribution in [2.45, 2.75) is 38.5 Å². The molecule has 0 spiro atoms. The first kappa shape index (κ1) is 7.15. The van der Waals surface area contributed by atoms with Crippen molar-refractivity contribution in [1.82, 2.24) is 0 Å². The molecule has 2 aliphatic rings. The van der Waals surface area contributed by atoms with Gasteiger partial charge in [0.15, 0.2) is 0 Å². The van der Waals surface area contributed by atoms with E-state index < -0.39 is 0 Å². The molecule has 0 N–H and O–H groups in total. The standard InChI is InChI=1S/C11H16/c1-2-5-11-7-3-6-10(4-1)8-9-11/h1,4-5,10H,2-3,6-9H2/b4-1-,11-5-. The van der Waals surface area contributed by atoms with Crippen LogP contribution in [0.25, 0.3) is 0 Å². The molecule has 0 nitrogen and oxygen atoms in total. The minimum absolute atomic E-state index is 0.904. The number of fused-ring (bicyclic) bond motifs is 3. The fourth-order valence-corrected chi connectivity index (χ4v) is 2.13. The van der Waals surface area contributed by atoms with E-state index in [1.54, 1.807) is 5.57 Å². The van der Waals surface area contributed by atoms with Gasteiger partial charge in [0.05, 0.1) is 0 Å². The molecule has 0 heteroatoms. The lowest BCUT2D eigenvalue weighted by Gasteiger charge is -2.08. The van der Waals surface area contributed by atoms with Gasteiger partial charge in [0.1, 0.15) is 0 Å². The van der Waals surface area contributed by atoms with Crippen LogP contribution in [0.4, 0.5) is 0 Å². The molecule has 1 unspecified atom stereocenters. The summed E-state index contributed by atoms with van der Waals surface area (Å²) in [5, 5.41) is 0. The lowest BCUT2D eigenvalue weighted by Crippen LogP contribution is -1.94. The van der Waals surface area contributed by atoms with Crippen molar-refractivity contribution in [3.63, 3.8) is 0 Å². The van der Waals surface area contributed by atoms with Gasteiger partial charge < -0.3 is 0 Å². The van der Waals surface area contributed by atoms with Crippen molar-refractivity contribution < 1.29 is 0 Å². The molecule has 0 saturated heterocycles. The van der Waals surface area contributed by atoms with E-state index in [1.165, 1.54) is 38.5 Å². The summed E-state index contributed by atoms with van der Waals surface area (Å²) in [6, 6.07) is 0. The zero-order valence-corrected chi connectivity index (χ0v) is 7.05. The predicted molar refractivity (Wildman–Crippen MR) is 48.4 cm³/mol. The molecule has 1 fully saturated rings. The summed E-state index contributed by atoms with van der Waals surface area (Å²) in [5.74, 6) is 0.904. The lowest BCUT2D eigenvalue weighted by molar-refractivity contribution is 0.560. The van der Waals surface area contributed by atoms with Crippen LogP contribution < -0.4 is 0 Å². The molecule has 2 bridgehead atoms. The summed E-state index contributed by atoms with van der Waals surface area (Å²) in [4.78, 5) is 0. The van der Waals surface area contributed by atoms with Gasteiger partial charge in [0.2, 0.25) is 0 Å². The van der Waals surface area contributed by atoms with Crippen LogP contribution >= 0.6 is 0 Å². The number of hydrogen-bond donors (Lipinski definition) is 0. The quantitative estimate of drug-likeness (QED) is 0.461. The third-order valence-corrected chi connectivity index (χ3v) is 2.86. The van der Waals surface area contributed by atoms with E-state index in [9.17, 15) is 0 Å². The normalized spacial score (nSPS) is 38.2. The van der Waals surface area contributed by atoms with Crippen LogP contribution in [0.15, 0.2) is 23.8 Å². The second-order valence-corrected chi connectivity index (χ2v) is 3.72. The molecule has 2 rings (SSSR count). The van der Waals surface area contributed by atoms with Gasteiger partial charge in [-0.2, -0.15) is 0 Å². The molecular weight excluding hydrogens is 132 g/mol. The fraction of sp³-hybridized carbons (Fsp3) is 0.636. The van der Waals surface area contributed by atoms with Crippen LogP contribution in [0, 0.1) is 5.92 Å². The summed E-state index contributed by atoms with van der Waals surface area (Å²) in [7, 11) is 0. The molecule has 1 saturated carbocycles. The maximum atomic E-state index is 2.43. The van der Waals surface area contributed by atoms with E-state index in [-0.39, 0.29) is 0 Å². The highest BCUT2D eigenvalue weighted by Gasteiger charge is 2.12. The van der Waals surface area contributed by atoms with Crippen LogP contribution in [0.1, 0.15) is 38.5 Å². The van der Waals surface area contributed by atoms with Crippen LogP contribution in [-0.4, -0.2) is 0 Å². The van der Waals surface area contributed by atoms with Gasteiger partial charge in [-0.25, -0.2) is 0 Å². The molecule has 0 aromatic rings. The van der Waals surface area contributed by atoms with E-state index in [4.69, 9.17) is 0 Å². The third-order valence-electron chi connectivity index (χ3n) is 2.86. The molecule has 1 atom stereocenters. The Bertz CT molecular complexity index is 186. The Labute approximate surface area is 69.0 Å². The lowest BCUT2D eigenvalue weighted by atomic mass is 9.97. The van der Waals surface area contributed by atoms with E-state index in [2.05, 4.69) is 18.2 Å². The summed E-state index contributed by atoms with van der Waals surface area (Å²) < 4.78 is 0. The largest absolute Gasteiger partial charge is 0.0851 e. The maximum absolute atomic E-state index is 2.43. The molecule has 11 heavy (non-hydrogen) atoms. The van der Waals surface area contributed by atoms with Crippen molar-refractivity contribution in [2.24, 2.45) is 5.92 Å². The van der Waals surface area contributed by atoms with Crippen molar-refractivity contribution >= 4 is 0 Å². The van der Waals surface area contributed by atoms with Crippen molar-refractivity contribution in [3.05, 3.63) is 23.8 Å². The van der Waals surface area contributed by atoms with Crippen molar-refractivity contribution in [2.75, 3.05) is 0 Å². The molecule has 60 valence electrons. The van der Waals surface area contributed by atoms with Gasteiger partial charge in [0, 0.05) is 0 Å². The van der Waals surface area contributed by atoms with Crippen LogP contribution in [-0.2, 0) is 0 Å². The smallest absolute Gasteiger partial charge is 0.0166 e. The van der Waals surface area contributed by atoms with Crippen LogP contribution in [0.5, 0.6) is 0 Å². The first-order valence-electron chi connectivity index (χ1n) is 4.80. The number of allylic oxidation sites excluding steroid dienone is 4. The van der Waals surface area contributed by atoms with E-state index in [0.29, 0.717) is 0 Å². The van der Waals surface area contributed by atoms with Crippen molar-refractivity contribution in [3.8, 4) is 0 Å². The average molecular weight is 148 g/mol. The second kappa shape index (κ2) is 3.25. The van der Waals surface area contributed by atoms with Crippen molar-refractivity contribution in [1.29, 1.82) is 0 Å². The summed E-state index contributed by atoms with van der Waals surface area (Å²) >= 11 is 0. The molecule has 2 aliphatic carbocycles. The predicted octanol–water partition coefficient (Wildman–Crippen LogP) is 3.45. The molecule has 0 heterocycles.